The Kier molecular flexibility index (Phi) is 8.12. The van der Waals surface area contributed by atoms with Crippen LogP contribution in [0.5, 0.6) is 0 Å². The summed E-state index contributed by atoms with van der Waals surface area (Å²) >= 11 is 7.09. The van der Waals surface area contributed by atoms with E-state index in [1.54, 1.807) is 0 Å². The molecule has 0 aromatic heterocycles. The summed E-state index contributed by atoms with van der Waals surface area (Å²) in [6.07, 6.45) is -0.483. The van der Waals surface area contributed by atoms with Crippen molar-refractivity contribution in [2.75, 3.05) is 5.75 Å². The van der Waals surface area contributed by atoms with Crippen LogP contribution in [-0.4, -0.2) is 64.7 Å². The number of rotatable bonds is 5. The van der Waals surface area contributed by atoms with Crippen molar-refractivity contribution >= 4 is 75.1 Å². The predicted molar refractivity (Wildman–Crippen MR) is 65.1 cm³/mol. The van der Waals surface area contributed by atoms with Gasteiger partial charge in [-0.1, -0.05) is 0 Å². The Morgan fingerprint density at radius 1 is 1.07 bits per heavy atom. The maximum absolute atomic E-state index is 10.6. The van der Waals surface area contributed by atoms with Crippen LogP contribution in [-0.2, 0) is 20.2 Å². The summed E-state index contributed by atoms with van der Waals surface area (Å²) in [6, 6.07) is 0. The maximum atomic E-state index is 10.6. The standard InChI is InChI=1S/C4H10O6S4.Na.H/c5-13(6,7)3-1-2-4(11,12)14(8,9)10;;/h11-12H,1-3H2,(H,5,6,7)(H,8,9,10);;. The molecule has 88 valence electrons. The van der Waals surface area contributed by atoms with Gasteiger partial charge in [0.05, 0.1) is 5.75 Å². The van der Waals surface area contributed by atoms with Crippen molar-refractivity contribution in [3.8, 4) is 0 Å². The zero-order chi connectivity index (χ0) is 11.6. The molecule has 0 radical (unpaired) electrons. The molecule has 0 bridgehead atoms. The van der Waals surface area contributed by atoms with Gasteiger partial charge in [-0.05, 0) is 12.8 Å². The minimum absolute atomic E-state index is 0. The second-order valence-electron chi connectivity index (χ2n) is 2.61. The number of hydrogen-bond donors (Lipinski definition) is 4. The van der Waals surface area contributed by atoms with Gasteiger partial charge in [-0.15, -0.1) is 25.3 Å². The molecule has 0 aromatic carbocycles. The minimum atomic E-state index is -4.47. The van der Waals surface area contributed by atoms with Gasteiger partial charge in [-0.3, -0.25) is 9.11 Å². The Bertz CT molecular complexity index is 383. The predicted octanol–water partition coefficient (Wildman–Crippen LogP) is -0.593. The first-order chi connectivity index (χ1) is 5.96. The molecule has 0 heterocycles. The van der Waals surface area contributed by atoms with E-state index in [1.165, 1.54) is 0 Å². The van der Waals surface area contributed by atoms with Gasteiger partial charge in [0.25, 0.3) is 20.2 Å². The Balaban J connectivity index is 0. The quantitative estimate of drug-likeness (QED) is 0.234. The molecular weight excluding hydrogens is 295 g/mol. The van der Waals surface area contributed by atoms with E-state index in [4.69, 9.17) is 9.11 Å². The van der Waals surface area contributed by atoms with E-state index < -0.39 is 29.4 Å². The van der Waals surface area contributed by atoms with E-state index in [0.717, 1.165) is 0 Å². The van der Waals surface area contributed by atoms with E-state index in [2.05, 4.69) is 25.3 Å². The van der Waals surface area contributed by atoms with Crippen LogP contribution in [0.15, 0.2) is 0 Å². The summed E-state index contributed by atoms with van der Waals surface area (Å²) in [5.41, 5.74) is 0. The van der Waals surface area contributed by atoms with Crippen molar-refractivity contribution in [1.82, 2.24) is 0 Å². The fourth-order valence-corrected chi connectivity index (χ4v) is 1.84. The molecule has 0 unspecified atom stereocenters. The van der Waals surface area contributed by atoms with E-state index in [0.29, 0.717) is 0 Å². The fourth-order valence-electron chi connectivity index (χ4n) is 0.614. The first kappa shape index (κ1) is 18.9. The summed E-state index contributed by atoms with van der Waals surface area (Å²) in [6.45, 7) is 0. The number of hydrogen-bond acceptors (Lipinski definition) is 6. The van der Waals surface area contributed by atoms with E-state index in [9.17, 15) is 16.8 Å². The fraction of sp³-hybridized carbons (Fsp3) is 1.00. The van der Waals surface area contributed by atoms with E-state index >= 15 is 0 Å². The monoisotopic (exact) mass is 306 g/mol. The van der Waals surface area contributed by atoms with Crippen LogP contribution in [0.1, 0.15) is 12.8 Å². The summed E-state index contributed by atoms with van der Waals surface area (Å²) in [5, 5.41) is 0. The molecule has 0 aliphatic rings. The molecule has 0 fully saturated rings. The molecule has 0 aliphatic heterocycles. The van der Waals surface area contributed by atoms with Crippen LogP contribution in [0.3, 0.4) is 0 Å². The van der Waals surface area contributed by atoms with Gasteiger partial charge in [0.1, 0.15) is 0 Å². The third-order valence-corrected chi connectivity index (χ3v) is 4.98. The van der Waals surface area contributed by atoms with Gasteiger partial charge >= 0.3 is 29.6 Å². The van der Waals surface area contributed by atoms with E-state index in [-0.39, 0.29) is 42.4 Å². The van der Waals surface area contributed by atoms with Gasteiger partial charge in [0.15, 0.2) is 3.41 Å². The molecule has 0 atom stereocenters. The molecule has 0 spiro atoms. The molecule has 11 heteroatoms. The van der Waals surface area contributed by atoms with Gasteiger partial charge in [0.2, 0.25) is 0 Å². The molecule has 0 rings (SSSR count). The Labute approximate surface area is 122 Å². The summed E-state index contributed by atoms with van der Waals surface area (Å²) < 4.78 is 56.6. The molecule has 0 aliphatic carbocycles. The van der Waals surface area contributed by atoms with Crippen molar-refractivity contribution in [2.24, 2.45) is 0 Å². The first-order valence-corrected chi connectivity index (χ1v) is 7.27. The molecular formula is C4H11NaO6S4. The second kappa shape index (κ2) is 6.45. The SMILES string of the molecule is O=S(=O)(O)CCCC(S)(S)S(=O)(=O)O.[NaH]. The van der Waals surface area contributed by atoms with Crippen LogP contribution in [0.2, 0.25) is 0 Å². The molecule has 0 amide bonds. The Morgan fingerprint density at radius 2 is 1.47 bits per heavy atom. The van der Waals surface area contributed by atoms with Gasteiger partial charge in [-0.2, -0.15) is 16.8 Å². The van der Waals surface area contributed by atoms with Gasteiger partial charge < -0.3 is 0 Å². The molecule has 0 aromatic rings. The zero-order valence-electron chi connectivity index (χ0n) is 6.86. The van der Waals surface area contributed by atoms with Crippen molar-refractivity contribution in [3.05, 3.63) is 0 Å². The van der Waals surface area contributed by atoms with Crippen molar-refractivity contribution in [1.29, 1.82) is 0 Å². The third kappa shape index (κ3) is 8.27. The van der Waals surface area contributed by atoms with Crippen molar-refractivity contribution in [3.63, 3.8) is 0 Å². The number of thiol groups is 2. The van der Waals surface area contributed by atoms with Gasteiger partial charge in [-0.25, -0.2) is 0 Å². The summed E-state index contributed by atoms with van der Waals surface area (Å²) in [4.78, 5) is 0. The summed E-state index contributed by atoms with van der Waals surface area (Å²) in [5.74, 6) is -0.606. The zero-order valence-corrected chi connectivity index (χ0v) is 10.3. The Morgan fingerprint density at radius 3 is 1.73 bits per heavy atom. The third-order valence-electron chi connectivity index (χ3n) is 1.32. The van der Waals surface area contributed by atoms with E-state index in [1.807, 2.05) is 0 Å². The van der Waals surface area contributed by atoms with Crippen molar-refractivity contribution < 1.29 is 25.9 Å². The van der Waals surface area contributed by atoms with Crippen LogP contribution in [0, 0.1) is 0 Å². The molecule has 6 nitrogen and oxygen atoms in total. The van der Waals surface area contributed by atoms with Crippen LogP contribution in [0.4, 0.5) is 0 Å². The molecule has 2 N–H and O–H groups in total. The second-order valence-corrected chi connectivity index (χ2v) is 8.31. The first-order valence-electron chi connectivity index (χ1n) is 3.33. The molecule has 15 heavy (non-hydrogen) atoms. The summed E-state index contributed by atoms with van der Waals surface area (Å²) in [7, 11) is -8.60. The van der Waals surface area contributed by atoms with Crippen LogP contribution >= 0.6 is 25.3 Å². The average molecular weight is 306 g/mol. The van der Waals surface area contributed by atoms with Crippen LogP contribution < -0.4 is 0 Å². The van der Waals surface area contributed by atoms with Gasteiger partial charge in [0, 0.05) is 0 Å². The Hall–Kier alpha value is 1.52. The average Bonchev–Trinajstić information content (AvgIpc) is 1.80. The van der Waals surface area contributed by atoms with Crippen LogP contribution in [0.25, 0.3) is 0 Å². The molecule has 0 saturated heterocycles. The molecule has 0 saturated carbocycles. The van der Waals surface area contributed by atoms with Crippen molar-refractivity contribution in [2.45, 2.75) is 16.3 Å². The topological polar surface area (TPSA) is 109 Å². The normalized spacial score (nSPS) is 13.3.